The molecule has 2 rings (SSSR count). The summed E-state index contributed by atoms with van der Waals surface area (Å²) in [6.45, 7) is 0.210. The Morgan fingerprint density at radius 3 is 2.94 bits per heavy atom. The summed E-state index contributed by atoms with van der Waals surface area (Å²) in [5.74, 6) is 0. The lowest BCUT2D eigenvalue weighted by Gasteiger charge is -2.06. The molecule has 2 aromatic rings. The number of hydrogen-bond acceptors (Lipinski definition) is 4. The zero-order valence-corrected chi connectivity index (χ0v) is 12.1. The van der Waals surface area contributed by atoms with Gasteiger partial charge in [0.25, 0.3) is 5.56 Å². The van der Waals surface area contributed by atoms with Crippen LogP contribution in [0.1, 0.15) is 11.3 Å². The summed E-state index contributed by atoms with van der Waals surface area (Å²) < 4.78 is 2.27. The molecule has 90 valence electrons. The van der Waals surface area contributed by atoms with Crippen molar-refractivity contribution in [1.82, 2.24) is 14.8 Å². The number of nitriles is 1. The minimum atomic E-state index is -0.267. The van der Waals surface area contributed by atoms with Crippen LogP contribution in [0.5, 0.6) is 0 Å². The maximum Gasteiger partial charge on any atom is 0.282 e. The SMILES string of the molecule is N#Cc1ncccc1Cn1ncc(Br)c(Br)c1=O. The van der Waals surface area contributed by atoms with Gasteiger partial charge in [0.2, 0.25) is 0 Å². The quantitative estimate of drug-likeness (QED) is 0.812. The molecule has 0 radical (unpaired) electrons. The van der Waals surface area contributed by atoms with Gasteiger partial charge in [-0.25, -0.2) is 9.67 Å². The van der Waals surface area contributed by atoms with Gasteiger partial charge in [0, 0.05) is 11.8 Å². The molecular formula is C11H6Br2N4O. The Hall–Kier alpha value is -1.52. The summed E-state index contributed by atoms with van der Waals surface area (Å²) >= 11 is 6.38. The van der Waals surface area contributed by atoms with Crippen LogP contribution in [0.25, 0.3) is 0 Å². The van der Waals surface area contributed by atoms with E-state index in [9.17, 15) is 4.79 Å². The molecule has 7 heteroatoms. The average Bonchev–Trinajstić information content (AvgIpc) is 2.40. The second kappa shape index (κ2) is 5.42. The highest BCUT2D eigenvalue weighted by molar-refractivity contribution is 9.13. The lowest BCUT2D eigenvalue weighted by Crippen LogP contribution is -2.24. The lowest BCUT2D eigenvalue weighted by atomic mass is 10.2. The minimum Gasteiger partial charge on any atom is -0.266 e. The fraction of sp³-hybridized carbons (Fsp3) is 0.0909. The van der Waals surface area contributed by atoms with Crippen molar-refractivity contribution in [3.63, 3.8) is 0 Å². The van der Waals surface area contributed by atoms with E-state index in [-0.39, 0.29) is 12.1 Å². The van der Waals surface area contributed by atoms with Crippen LogP contribution in [0.2, 0.25) is 0 Å². The van der Waals surface area contributed by atoms with E-state index in [1.807, 2.05) is 6.07 Å². The van der Waals surface area contributed by atoms with Crippen molar-refractivity contribution in [2.45, 2.75) is 6.54 Å². The molecule has 18 heavy (non-hydrogen) atoms. The monoisotopic (exact) mass is 368 g/mol. The van der Waals surface area contributed by atoms with E-state index in [1.54, 1.807) is 12.1 Å². The number of nitrogens with zero attached hydrogens (tertiary/aromatic N) is 4. The molecule has 2 aromatic heterocycles. The van der Waals surface area contributed by atoms with E-state index in [0.29, 0.717) is 20.2 Å². The highest BCUT2D eigenvalue weighted by Crippen LogP contribution is 2.16. The molecule has 0 aliphatic heterocycles. The molecule has 0 amide bonds. The Labute approximate surface area is 119 Å². The number of rotatable bonds is 2. The second-order valence-corrected chi connectivity index (χ2v) is 5.04. The van der Waals surface area contributed by atoms with E-state index in [2.05, 4.69) is 41.9 Å². The van der Waals surface area contributed by atoms with Crippen molar-refractivity contribution >= 4 is 31.9 Å². The van der Waals surface area contributed by atoms with Gasteiger partial charge in [0.1, 0.15) is 16.2 Å². The highest BCUT2D eigenvalue weighted by Gasteiger charge is 2.09. The highest BCUT2D eigenvalue weighted by atomic mass is 79.9. The van der Waals surface area contributed by atoms with E-state index in [1.165, 1.54) is 17.1 Å². The Bertz CT molecular complexity index is 690. The third-order valence-electron chi connectivity index (χ3n) is 2.26. The molecule has 0 aliphatic carbocycles. The number of pyridine rings is 1. The van der Waals surface area contributed by atoms with E-state index < -0.39 is 0 Å². The topological polar surface area (TPSA) is 71.6 Å². The molecule has 0 unspecified atom stereocenters. The van der Waals surface area contributed by atoms with Crippen LogP contribution < -0.4 is 5.56 Å². The predicted octanol–water partition coefficient (Wildman–Crippen LogP) is 2.08. The summed E-state index contributed by atoms with van der Waals surface area (Å²) in [4.78, 5) is 15.9. The summed E-state index contributed by atoms with van der Waals surface area (Å²) in [5.41, 5.74) is 0.686. The number of aromatic nitrogens is 3. The van der Waals surface area contributed by atoms with Gasteiger partial charge in [-0.3, -0.25) is 4.79 Å². The first-order valence-electron chi connectivity index (χ1n) is 4.88. The van der Waals surface area contributed by atoms with Crippen molar-refractivity contribution < 1.29 is 0 Å². The third-order valence-corrected chi connectivity index (χ3v) is 4.16. The average molecular weight is 370 g/mol. The number of hydrogen-bond donors (Lipinski definition) is 0. The van der Waals surface area contributed by atoms with Crippen LogP contribution >= 0.6 is 31.9 Å². The molecule has 0 spiro atoms. The van der Waals surface area contributed by atoms with Crippen molar-refractivity contribution in [3.8, 4) is 6.07 Å². The van der Waals surface area contributed by atoms with Gasteiger partial charge in [0.15, 0.2) is 0 Å². The Morgan fingerprint density at radius 1 is 1.44 bits per heavy atom. The van der Waals surface area contributed by atoms with Crippen LogP contribution in [-0.2, 0) is 6.54 Å². The van der Waals surface area contributed by atoms with Gasteiger partial charge in [-0.05, 0) is 37.9 Å². The van der Waals surface area contributed by atoms with Crippen molar-refractivity contribution in [2.75, 3.05) is 0 Å². The first-order chi connectivity index (χ1) is 8.63. The van der Waals surface area contributed by atoms with Crippen molar-refractivity contribution in [2.24, 2.45) is 0 Å². The zero-order chi connectivity index (χ0) is 13.1. The van der Waals surface area contributed by atoms with Crippen LogP contribution in [0.4, 0.5) is 0 Å². The van der Waals surface area contributed by atoms with Crippen LogP contribution in [0.15, 0.2) is 38.3 Å². The molecule has 0 bridgehead atoms. The van der Waals surface area contributed by atoms with Crippen LogP contribution in [-0.4, -0.2) is 14.8 Å². The lowest BCUT2D eigenvalue weighted by molar-refractivity contribution is 0.630. The van der Waals surface area contributed by atoms with Gasteiger partial charge in [0.05, 0.1) is 17.2 Å². The Balaban J connectivity index is 2.45. The van der Waals surface area contributed by atoms with E-state index in [0.717, 1.165) is 0 Å². The summed E-state index contributed by atoms with van der Waals surface area (Å²) in [6.07, 6.45) is 3.06. The van der Waals surface area contributed by atoms with Crippen molar-refractivity contribution in [3.05, 3.63) is 55.1 Å². The molecule has 0 saturated carbocycles. The smallest absolute Gasteiger partial charge is 0.266 e. The standard InChI is InChI=1S/C11H6Br2N4O/c12-8-5-16-17(11(18)10(8)13)6-7-2-1-3-15-9(7)4-14/h1-3,5H,6H2. The molecular weight excluding hydrogens is 364 g/mol. The van der Waals surface area contributed by atoms with Gasteiger partial charge < -0.3 is 0 Å². The van der Waals surface area contributed by atoms with Crippen LogP contribution in [0.3, 0.4) is 0 Å². The Kier molecular flexibility index (Phi) is 3.89. The molecule has 0 aliphatic rings. The first-order valence-corrected chi connectivity index (χ1v) is 6.47. The summed E-state index contributed by atoms with van der Waals surface area (Å²) in [7, 11) is 0. The normalized spacial score (nSPS) is 10.1. The van der Waals surface area contributed by atoms with Gasteiger partial charge in [-0.1, -0.05) is 6.07 Å². The van der Waals surface area contributed by atoms with Gasteiger partial charge in [-0.2, -0.15) is 10.4 Å². The van der Waals surface area contributed by atoms with Gasteiger partial charge in [-0.15, -0.1) is 0 Å². The second-order valence-electron chi connectivity index (χ2n) is 3.39. The van der Waals surface area contributed by atoms with E-state index in [4.69, 9.17) is 5.26 Å². The fourth-order valence-corrected chi connectivity index (χ4v) is 1.95. The third kappa shape index (κ3) is 2.49. The number of halogens is 2. The van der Waals surface area contributed by atoms with E-state index >= 15 is 0 Å². The maximum atomic E-state index is 11.9. The van der Waals surface area contributed by atoms with Crippen molar-refractivity contribution in [1.29, 1.82) is 5.26 Å². The van der Waals surface area contributed by atoms with Crippen LogP contribution in [0, 0.1) is 11.3 Å². The fourth-order valence-electron chi connectivity index (χ4n) is 1.39. The molecule has 0 aromatic carbocycles. The zero-order valence-electron chi connectivity index (χ0n) is 8.97. The molecule has 0 atom stereocenters. The molecule has 2 heterocycles. The molecule has 0 fully saturated rings. The molecule has 5 nitrogen and oxygen atoms in total. The summed E-state index contributed by atoms with van der Waals surface area (Å²) in [5, 5.41) is 12.9. The molecule has 0 N–H and O–H groups in total. The molecule has 0 saturated heterocycles. The summed E-state index contributed by atoms with van der Waals surface area (Å²) in [6, 6.07) is 5.45. The first kappa shape index (κ1) is 12.9. The largest absolute Gasteiger partial charge is 0.282 e. The Morgan fingerprint density at radius 2 is 2.22 bits per heavy atom. The maximum absolute atomic E-state index is 11.9. The predicted molar refractivity (Wildman–Crippen MR) is 72.0 cm³/mol. The van der Waals surface area contributed by atoms with Gasteiger partial charge >= 0.3 is 0 Å². The minimum absolute atomic E-state index is 0.210.